The number of carbonyl (C=O) groups excluding carboxylic acids is 1. The molecule has 2 fully saturated rings. The number of amides is 1. The van der Waals surface area contributed by atoms with Gasteiger partial charge in [-0.3, -0.25) is 14.7 Å². The molecule has 0 radical (unpaired) electrons. The lowest BCUT2D eigenvalue weighted by Gasteiger charge is -2.34. The second kappa shape index (κ2) is 7.45. The summed E-state index contributed by atoms with van der Waals surface area (Å²) in [6.45, 7) is 2.75. The molecule has 1 unspecified atom stereocenters. The molecule has 0 N–H and O–H groups in total. The number of thiazole rings is 1. The maximum atomic E-state index is 12.5. The van der Waals surface area contributed by atoms with Crippen LogP contribution in [0.3, 0.4) is 0 Å². The van der Waals surface area contributed by atoms with Crippen molar-refractivity contribution in [1.29, 1.82) is 0 Å². The number of nitrogens with zero attached hydrogens (tertiary/aromatic N) is 4. The van der Waals surface area contributed by atoms with Crippen LogP contribution in [0.5, 0.6) is 0 Å². The molecule has 1 aliphatic carbocycles. The Kier molecular flexibility index (Phi) is 5.05. The van der Waals surface area contributed by atoms with Gasteiger partial charge in [-0.2, -0.15) is 0 Å². The van der Waals surface area contributed by atoms with E-state index in [1.165, 1.54) is 11.4 Å². The zero-order valence-corrected chi connectivity index (χ0v) is 16.1. The summed E-state index contributed by atoms with van der Waals surface area (Å²) in [6, 6.07) is 6.53. The zero-order chi connectivity index (χ0) is 18.0. The average molecular weight is 371 g/mol. The monoisotopic (exact) mass is 370 g/mol. The topological polar surface area (TPSA) is 49.3 Å². The van der Waals surface area contributed by atoms with Crippen LogP contribution >= 0.6 is 11.3 Å². The maximum Gasteiger partial charge on any atom is 0.222 e. The normalized spacial score (nSPS) is 21.3. The number of piperidine rings is 1. The van der Waals surface area contributed by atoms with Gasteiger partial charge in [0.2, 0.25) is 5.91 Å². The Morgan fingerprint density at radius 2 is 2.15 bits per heavy atom. The first-order valence-electron chi connectivity index (χ1n) is 9.43. The third kappa shape index (κ3) is 3.81. The number of carbonyl (C=O) groups is 1. The number of rotatable bonds is 6. The zero-order valence-electron chi connectivity index (χ0n) is 15.3. The van der Waals surface area contributed by atoms with Crippen molar-refractivity contribution in [2.75, 3.05) is 20.1 Å². The second-order valence-corrected chi connectivity index (χ2v) is 8.60. The van der Waals surface area contributed by atoms with Crippen molar-refractivity contribution in [3.63, 3.8) is 0 Å². The van der Waals surface area contributed by atoms with Crippen molar-refractivity contribution in [2.24, 2.45) is 5.41 Å². The number of likely N-dealkylation sites (tertiary alicyclic amines) is 1. The molecule has 5 nitrogen and oxygen atoms in total. The summed E-state index contributed by atoms with van der Waals surface area (Å²) in [5.74, 6) is 0.277. The van der Waals surface area contributed by atoms with E-state index in [-0.39, 0.29) is 5.91 Å². The standard InChI is InChI=1S/C20H26N4OS/c1-23(15-18-22-10-13-26-18)17-14-20(17)7-11-24(12-8-20)19(25)6-5-16-4-2-3-9-21-16/h2-4,9-10,13,17H,5-8,11-12,14-15H2,1H3. The van der Waals surface area contributed by atoms with Crippen molar-refractivity contribution in [3.8, 4) is 0 Å². The Morgan fingerprint density at radius 1 is 1.31 bits per heavy atom. The molecule has 1 aliphatic heterocycles. The van der Waals surface area contributed by atoms with Crippen molar-refractivity contribution in [2.45, 2.75) is 44.7 Å². The second-order valence-electron chi connectivity index (χ2n) is 7.63. The van der Waals surface area contributed by atoms with E-state index in [0.29, 0.717) is 17.9 Å². The van der Waals surface area contributed by atoms with Gasteiger partial charge in [0.1, 0.15) is 5.01 Å². The molecule has 2 aliphatic rings. The fraction of sp³-hybridized carbons (Fsp3) is 0.550. The lowest BCUT2D eigenvalue weighted by Crippen LogP contribution is -2.41. The molecule has 1 amide bonds. The van der Waals surface area contributed by atoms with Crippen LogP contribution in [-0.4, -0.2) is 51.9 Å². The van der Waals surface area contributed by atoms with Crippen LogP contribution in [0.15, 0.2) is 36.0 Å². The van der Waals surface area contributed by atoms with Crippen LogP contribution in [0.25, 0.3) is 0 Å². The summed E-state index contributed by atoms with van der Waals surface area (Å²) >= 11 is 1.73. The summed E-state index contributed by atoms with van der Waals surface area (Å²) in [4.78, 5) is 25.7. The summed E-state index contributed by atoms with van der Waals surface area (Å²) in [5.41, 5.74) is 1.43. The smallest absolute Gasteiger partial charge is 0.222 e. The lowest BCUT2D eigenvalue weighted by molar-refractivity contribution is -0.132. The van der Waals surface area contributed by atoms with E-state index in [1.807, 2.05) is 29.8 Å². The molecule has 2 aromatic heterocycles. The Hall–Kier alpha value is -1.79. The van der Waals surface area contributed by atoms with Crippen molar-refractivity contribution in [1.82, 2.24) is 19.8 Å². The van der Waals surface area contributed by atoms with E-state index in [2.05, 4.69) is 26.8 Å². The number of hydrogen-bond donors (Lipinski definition) is 0. The van der Waals surface area contributed by atoms with E-state index in [0.717, 1.165) is 44.6 Å². The minimum atomic E-state index is 0.277. The molecule has 2 aromatic rings. The van der Waals surface area contributed by atoms with Gasteiger partial charge in [-0.05, 0) is 50.3 Å². The van der Waals surface area contributed by atoms with Gasteiger partial charge in [0.25, 0.3) is 0 Å². The molecule has 6 heteroatoms. The van der Waals surface area contributed by atoms with Gasteiger partial charge in [0.05, 0.1) is 6.54 Å². The molecule has 138 valence electrons. The minimum absolute atomic E-state index is 0.277. The van der Waals surface area contributed by atoms with Crippen LogP contribution in [0.2, 0.25) is 0 Å². The first-order valence-corrected chi connectivity index (χ1v) is 10.3. The first-order chi connectivity index (χ1) is 12.7. The molecule has 0 bridgehead atoms. The molecule has 0 aromatic carbocycles. The Labute approximate surface area is 159 Å². The predicted molar refractivity (Wildman–Crippen MR) is 103 cm³/mol. The Balaban J connectivity index is 1.23. The minimum Gasteiger partial charge on any atom is -0.343 e. The molecule has 4 rings (SSSR count). The van der Waals surface area contributed by atoms with Crippen LogP contribution in [0.4, 0.5) is 0 Å². The SMILES string of the molecule is CN(Cc1nccs1)C1CC12CCN(C(=O)CCc1ccccn1)CC2. The Bertz CT molecular complexity index is 726. The van der Waals surface area contributed by atoms with Crippen LogP contribution in [0.1, 0.15) is 36.4 Å². The summed E-state index contributed by atoms with van der Waals surface area (Å²) in [5, 5.41) is 3.23. The molecule has 3 heterocycles. The molecule has 1 saturated carbocycles. The highest BCUT2D eigenvalue weighted by Gasteiger charge is 2.56. The largest absolute Gasteiger partial charge is 0.343 e. The van der Waals surface area contributed by atoms with Crippen LogP contribution in [0, 0.1) is 5.41 Å². The molecule has 1 spiro atoms. The van der Waals surface area contributed by atoms with Crippen molar-refractivity contribution < 1.29 is 4.79 Å². The highest BCUT2D eigenvalue weighted by molar-refractivity contribution is 7.09. The van der Waals surface area contributed by atoms with E-state index in [9.17, 15) is 4.79 Å². The molecular formula is C20H26N4OS. The molecule has 1 saturated heterocycles. The lowest BCUT2D eigenvalue weighted by atomic mass is 9.92. The highest BCUT2D eigenvalue weighted by Crippen LogP contribution is 2.56. The Morgan fingerprint density at radius 3 is 2.85 bits per heavy atom. The fourth-order valence-electron chi connectivity index (χ4n) is 4.28. The quantitative estimate of drug-likeness (QED) is 0.784. The number of aromatic nitrogens is 2. The molecular weight excluding hydrogens is 344 g/mol. The van der Waals surface area contributed by atoms with Gasteiger partial charge >= 0.3 is 0 Å². The highest BCUT2D eigenvalue weighted by atomic mass is 32.1. The van der Waals surface area contributed by atoms with Crippen molar-refractivity contribution >= 4 is 17.2 Å². The molecule has 26 heavy (non-hydrogen) atoms. The number of pyridine rings is 1. The average Bonchev–Trinajstić information content (AvgIpc) is 3.11. The van der Waals surface area contributed by atoms with Gasteiger partial charge in [0.15, 0.2) is 0 Å². The summed E-state index contributed by atoms with van der Waals surface area (Å²) in [6.07, 6.45) is 8.51. The number of aryl methyl sites for hydroxylation is 1. The van der Waals surface area contributed by atoms with E-state index in [1.54, 1.807) is 17.5 Å². The van der Waals surface area contributed by atoms with E-state index in [4.69, 9.17) is 0 Å². The maximum absolute atomic E-state index is 12.5. The van der Waals surface area contributed by atoms with Crippen molar-refractivity contribution in [3.05, 3.63) is 46.7 Å². The van der Waals surface area contributed by atoms with Gasteiger partial charge in [-0.1, -0.05) is 6.07 Å². The van der Waals surface area contributed by atoms with Gasteiger partial charge in [0, 0.05) is 49.0 Å². The first kappa shape index (κ1) is 17.6. The van der Waals surface area contributed by atoms with Gasteiger partial charge < -0.3 is 4.90 Å². The van der Waals surface area contributed by atoms with E-state index >= 15 is 0 Å². The van der Waals surface area contributed by atoms with Gasteiger partial charge in [-0.25, -0.2) is 4.98 Å². The fourth-order valence-corrected chi connectivity index (χ4v) is 4.96. The van der Waals surface area contributed by atoms with Crippen LogP contribution in [-0.2, 0) is 17.8 Å². The summed E-state index contributed by atoms with van der Waals surface area (Å²) < 4.78 is 0. The summed E-state index contributed by atoms with van der Waals surface area (Å²) in [7, 11) is 2.21. The van der Waals surface area contributed by atoms with Gasteiger partial charge in [-0.15, -0.1) is 11.3 Å². The molecule has 1 atom stereocenters. The van der Waals surface area contributed by atoms with E-state index < -0.39 is 0 Å². The van der Waals surface area contributed by atoms with Crippen LogP contribution < -0.4 is 0 Å². The third-order valence-electron chi connectivity index (χ3n) is 5.98. The predicted octanol–water partition coefficient (Wildman–Crippen LogP) is 2.98. The third-order valence-corrected chi connectivity index (χ3v) is 6.74. The number of hydrogen-bond acceptors (Lipinski definition) is 5.